The topological polar surface area (TPSA) is 32.7 Å². The summed E-state index contributed by atoms with van der Waals surface area (Å²) in [4.78, 5) is 2.50. The second-order valence-electron chi connectivity index (χ2n) is 10.7. The fraction of sp³-hybridized carbons (Fsp3) is 0.586. The first-order chi connectivity index (χ1) is 18.0. The molecule has 2 aromatic carbocycles. The molecule has 210 valence electrons. The van der Waals surface area contributed by atoms with Crippen molar-refractivity contribution >= 4 is 0 Å². The third-order valence-corrected chi connectivity index (χ3v) is 8.21. The lowest BCUT2D eigenvalue weighted by molar-refractivity contribution is -0.143. The molecule has 9 heteroatoms. The van der Waals surface area contributed by atoms with Crippen LogP contribution < -0.4 is 0 Å². The minimum absolute atomic E-state index is 0.0901. The molecular weight excluding hydrogens is 508 g/mol. The molecule has 1 aliphatic heterocycles. The van der Waals surface area contributed by atoms with Crippen molar-refractivity contribution in [3.63, 3.8) is 0 Å². The van der Waals surface area contributed by atoms with Crippen molar-refractivity contribution in [1.82, 2.24) is 4.90 Å². The molecule has 1 saturated carbocycles. The van der Waals surface area contributed by atoms with Crippen LogP contribution in [0.4, 0.5) is 26.3 Å². The molecule has 1 aliphatic carbocycles. The summed E-state index contributed by atoms with van der Waals surface area (Å²) in [6.45, 7) is 2.76. The highest BCUT2D eigenvalue weighted by molar-refractivity contribution is 5.35. The zero-order valence-electron chi connectivity index (χ0n) is 21.3. The van der Waals surface area contributed by atoms with Crippen molar-refractivity contribution in [2.24, 2.45) is 5.92 Å². The first-order valence-electron chi connectivity index (χ1n) is 13.3. The van der Waals surface area contributed by atoms with Crippen LogP contribution in [0.3, 0.4) is 0 Å². The van der Waals surface area contributed by atoms with Gasteiger partial charge < -0.3 is 14.7 Å². The predicted molar refractivity (Wildman–Crippen MR) is 133 cm³/mol. The largest absolute Gasteiger partial charge is 0.416 e. The Kier molecular flexibility index (Phi) is 9.10. The van der Waals surface area contributed by atoms with E-state index in [-0.39, 0.29) is 18.2 Å². The highest BCUT2D eigenvalue weighted by atomic mass is 19.4. The molecule has 2 fully saturated rings. The van der Waals surface area contributed by atoms with Gasteiger partial charge in [-0.1, -0.05) is 30.3 Å². The number of halogens is 6. The summed E-state index contributed by atoms with van der Waals surface area (Å²) >= 11 is 0. The second kappa shape index (κ2) is 12.0. The van der Waals surface area contributed by atoms with Crippen LogP contribution >= 0.6 is 0 Å². The molecule has 3 nitrogen and oxygen atoms in total. The Labute approximate surface area is 219 Å². The Morgan fingerprint density at radius 1 is 0.895 bits per heavy atom. The molecule has 0 bridgehead atoms. The van der Waals surface area contributed by atoms with Gasteiger partial charge in [-0.05, 0) is 99.8 Å². The third-order valence-electron chi connectivity index (χ3n) is 8.21. The zero-order chi connectivity index (χ0) is 27.4. The van der Waals surface area contributed by atoms with Crippen LogP contribution in [0.1, 0.15) is 73.3 Å². The minimum Gasteiger partial charge on any atom is -0.393 e. The van der Waals surface area contributed by atoms with Gasteiger partial charge in [0.05, 0.1) is 24.3 Å². The summed E-state index contributed by atoms with van der Waals surface area (Å²) in [5.41, 5.74) is -2.55. The summed E-state index contributed by atoms with van der Waals surface area (Å²) in [6, 6.07) is 11.1. The van der Waals surface area contributed by atoms with Gasteiger partial charge in [0.25, 0.3) is 0 Å². The Morgan fingerprint density at radius 2 is 1.47 bits per heavy atom. The van der Waals surface area contributed by atoms with Gasteiger partial charge in [-0.25, -0.2) is 0 Å². The van der Waals surface area contributed by atoms with Gasteiger partial charge in [-0.2, -0.15) is 26.3 Å². The van der Waals surface area contributed by atoms with E-state index in [1.807, 2.05) is 30.3 Å². The highest BCUT2D eigenvalue weighted by Crippen LogP contribution is 2.44. The van der Waals surface area contributed by atoms with Gasteiger partial charge >= 0.3 is 12.4 Å². The molecular formula is C29H35F6NO2. The summed E-state index contributed by atoms with van der Waals surface area (Å²) < 4.78 is 86.3. The fourth-order valence-electron chi connectivity index (χ4n) is 5.88. The molecule has 1 saturated heterocycles. The lowest BCUT2D eigenvalue weighted by Crippen LogP contribution is -2.38. The molecule has 0 aromatic heterocycles. The molecule has 4 rings (SSSR count). The van der Waals surface area contributed by atoms with E-state index in [0.29, 0.717) is 18.1 Å². The molecule has 1 N–H and O–H groups in total. The van der Waals surface area contributed by atoms with Crippen molar-refractivity contribution in [2.75, 3.05) is 32.8 Å². The third kappa shape index (κ3) is 7.10. The standard InChI is InChI=1S/C29H35F6NO2/c30-28(31,32)24-16-22(17-25(18-24)29(33,34)35)26(19-37)38-20-27(23-6-2-1-3-7-23)11-8-21(9-12-27)10-15-36-13-4-5-14-36/h1-3,6-7,16-18,21,26,37H,4-5,8-15,19-20H2. The normalized spacial score (nSPS) is 24.0. The van der Waals surface area contributed by atoms with Gasteiger partial charge in [0.15, 0.2) is 0 Å². The van der Waals surface area contributed by atoms with E-state index in [9.17, 15) is 31.4 Å². The van der Waals surface area contributed by atoms with E-state index in [1.165, 1.54) is 12.8 Å². The number of hydrogen-bond acceptors (Lipinski definition) is 3. The van der Waals surface area contributed by atoms with Gasteiger partial charge in [0.1, 0.15) is 6.10 Å². The SMILES string of the molecule is OCC(OCC1(c2ccccc2)CCC(CCN2CCCC2)CC1)c1cc(C(F)(F)F)cc(C(F)(F)F)c1. The van der Waals surface area contributed by atoms with Gasteiger partial charge in [-0.3, -0.25) is 0 Å². The highest BCUT2D eigenvalue weighted by Gasteiger charge is 2.40. The quantitative estimate of drug-likeness (QED) is 0.335. The van der Waals surface area contributed by atoms with Crippen molar-refractivity contribution in [2.45, 2.75) is 68.8 Å². The smallest absolute Gasteiger partial charge is 0.393 e. The number of alkyl halides is 6. The average Bonchev–Trinajstić information content (AvgIpc) is 3.42. The maximum absolute atomic E-state index is 13.4. The number of likely N-dealkylation sites (tertiary alicyclic amines) is 1. The predicted octanol–water partition coefficient (Wildman–Crippen LogP) is 7.39. The zero-order valence-corrected chi connectivity index (χ0v) is 21.3. The van der Waals surface area contributed by atoms with E-state index >= 15 is 0 Å². The summed E-state index contributed by atoms with van der Waals surface area (Å²) in [5.74, 6) is 0.568. The molecule has 2 aromatic rings. The van der Waals surface area contributed by atoms with Crippen LogP contribution in [0.5, 0.6) is 0 Å². The number of ether oxygens (including phenoxy) is 1. The first-order valence-corrected chi connectivity index (χ1v) is 13.3. The molecule has 38 heavy (non-hydrogen) atoms. The lowest BCUT2D eigenvalue weighted by Gasteiger charge is -2.41. The van der Waals surface area contributed by atoms with Crippen molar-refractivity contribution in [1.29, 1.82) is 0 Å². The molecule has 0 radical (unpaired) electrons. The van der Waals surface area contributed by atoms with Gasteiger partial charge in [0.2, 0.25) is 0 Å². The molecule has 2 aliphatic rings. The molecule has 1 heterocycles. The summed E-state index contributed by atoms with van der Waals surface area (Å²) in [5, 5.41) is 9.97. The fourth-order valence-corrected chi connectivity index (χ4v) is 5.88. The van der Waals surface area contributed by atoms with Crippen LogP contribution in [0.25, 0.3) is 0 Å². The Morgan fingerprint density at radius 3 is 2.00 bits per heavy atom. The molecule has 0 spiro atoms. The van der Waals surface area contributed by atoms with Crippen LogP contribution in [-0.2, 0) is 22.5 Å². The van der Waals surface area contributed by atoms with Crippen LogP contribution in [0.15, 0.2) is 48.5 Å². The summed E-state index contributed by atoms with van der Waals surface area (Å²) in [6.07, 6.45) is -4.07. The average molecular weight is 544 g/mol. The Balaban J connectivity index is 1.51. The van der Waals surface area contributed by atoms with Gasteiger partial charge in [-0.15, -0.1) is 0 Å². The van der Waals surface area contributed by atoms with Crippen molar-refractivity contribution < 1.29 is 36.2 Å². The molecule has 0 amide bonds. The van der Waals surface area contributed by atoms with E-state index < -0.39 is 41.6 Å². The second-order valence-corrected chi connectivity index (χ2v) is 10.7. The number of nitrogens with zero attached hydrogens (tertiary/aromatic N) is 1. The molecule has 1 atom stereocenters. The lowest BCUT2D eigenvalue weighted by atomic mass is 9.66. The van der Waals surface area contributed by atoms with E-state index in [4.69, 9.17) is 4.74 Å². The maximum atomic E-state index is 13.4. The number of rotatable bonds is 9. The van der Waals surface area contributed by atoms with E-state index in [2.05, 4.69) is 4.90 Å². The molecule has 1 unspecified atom stereocenters. The number of aliphatic hydroxyl groups is 1. The maximum Gasteiger partial charge on any atom is 0.416 e. The van der Waals surface area contributed by atoms with Crippen molar-refractivity contribution in [3.05, 3.63) is 70.8 Å². The monoisotopic (exact) mass is 543 g/mol. The van der Waals surface area contributed by atoms with E-state index in [1.54, 1.807) is 0 Å². The number of benzene rings is 2. The summed E-state index contributed by atoms with van der Waals surface area (Å²) in [7, 11) is 0. The van der Waals surface area contributed by atoms with E-state index in [0.717, 1.165) is 57.3 Å². The van der Waals surface area contributed by atoms with Crippen LogP contribution in [0, 0.1) is 5.92 Å². The Hall–Kier alpha value is -2.10. The number of aliphatic hydroxyl groups excluding tert-OH is 1. The van der Waals surface area contributed by atoms with Crippen molar-refractivity contribution in [3.8, 4) is 0 Å². The first kappa shape index (κ1) is 28.9. The minimum atomic E-state index is -4.96. The van der Waals surface area contributed by atoms with Gasteiger partial charge in [0, 0.05) is 5.41 Å². The number of hydrogen-bond donors (Lipinski definition) is 1. The Bertz CT molecular complexity index is 993. The van der Waals surface area contributed by atoms with Crippen LogP contribution in [-0.4, -0.2) is 42.9 Å². The van der Waals surface area contributed by atoms with Crippen LogP contribution in [0.2, 0.25) is 0 Å².